The molecule has 0 atom stereocenters. The average Bonchev–Trinajstić information content (AvgIpc) is 0.806. The lowest BCUT2D eigenvalue weighted by Crippen LogP contribution is -2.32. The van der Waals surface area contributed by atoms with E-state index in [1.807, 2.05) is 13.8 Å². The van der Waals surface area contributed by atoms with Gasteiger partial charge in [0.2, 0.25) is 0 Å². The number of hydrogen-bond donors (Lipinski definition) is 1. The summed E-state index contributed by atoms with van der Waals surface area (Å²) >= 11 is 0. The third-order valence-corrected chi connectivity index (χ3v) is 19.1. The van der Waals surface area contributed by atoms with E-state index in [4.69, 9.17) is 18.6 Å². The maximum atomic E-state index is 16.3. The monoisotopic (exact) mass is 1490 g/mol. The second kappa shape index (κ2) is 27.8. The molecule has 13 rings (SSSR count). The Morgan fingerprint density at radius 3 is 1.50 bits per heavy atom. The highest BCUT2D eigenvalue weighted by atomic mass is 19.4. The van der Waals surface area contributed by atoms with Crippen LogP contribution in [0.1, 0.15) is 101 Å². The van der Waals surface area contributed by atoms with Gasteiger partial charge in [-0.25, -0.2) is 14.2 Å². The van der Waals surface area contributed by atoms with E-state index >= 15 is 13.9 Å². The van der Waals surface area contributed by atoms with Crippen LogP contribution in [-0.4, -0.2) is 48.9 Å². The standard InChI is InChI=1S/C82H58BF13N3O9/c1-39(2)61-38-97-71(41(5)64(61)77(103)105-7)70(73-42(6)65(78(104)106-8)72(40(3)4)99(73)83-96)67-55(44-17-11-9-12-18-44)34-53(35-56(67)45-19-13-10-14-20-45)107-63(100)27-43-23-25-52(26-24-43)98-75(101)59-36-57(46-28-48(79(84,85)86)32-49(29-46)80(87,88)89)66-54-21-15-16-22-62(54)108-74-58(37-60(76(98)102)68(59)69(66)74)47-30-50(81(90,91)92)33-51(31-47)82(93,94)95/h9-26,28-40,97H,27H2,1-8H3/b71-70-. The van der Waals surface area contributed by atoms with Gasteiger partial charge in [-0.2, -0.15) is 52.7 Å². The lowest BCUT2D eigenvalue weighted by Gasteiger charge is -2.29. The van der Waals surface area contributed by atoms with E-state index in [2.05, 4.69) is 5.32 Å². The lowest BCUT2D eigenvalue weighted by molar-refractivity contribution is -0.144. The van der Waals surface area contributed by atoms with Gasteiger partial charge in [0.15, 0.2) is 0 Å². The molecule has 549 valence electrons. The minimum absolute atomic E-state index is 0.0405. The number of dihydropyridines is 1. The number of benzene rings is 9. The number of nitrogens with one attached hydrogen (secondary N) is 1. The molecule has 0 unspecified atom stereocenters. The topological polar surface area (TPSA) is 148 Å². The van der Waals surface area contributed by atoms with E-state index < -0.39 is 132 Å². The van der Waals surface area contributed by atoms with Gasteiger partial charge in [-0.1, -0.05) is 119 Å². The molecule has 0 saturated carbocycles. The highest BCUT2D eigenvalue weighted by Gasteiger charge is 2.42. The van der Waals surface area contributed by atoms with Crippen LogP contribution in [0.3, 0.4) is 0 Å². The van der Waals surface area contributed by atoms with Gasteiger partial charge >= 0.3 is 50.3 Å². The molecule has 0 saturated heterocycles. The van der Waals surface area contributed by atoms with Gasteiger partial charge in [-0.3, -0.25) is 14.4 Å². The highest BCUT2D eigenvalue weighted by Crippen LogP contribution is 2.52. The maximum absolute atomic E-state index is 16.3. The number of carbonyl (C=O) groups excluding carboxylic acids is 3. The minimum atomic E-state index is -5.43. The van der Waals surface area contributed by atoms with Crippen molar-refractivity contribution in [3.8, 4) is 55.9 Å². The molecule has 1 aliphatic heterocycles. The quantitative estimate of drug-likeness (QED) is 0.0263. The first-order valence-electron chi connectivity index (χ1n) is 33.3. The van der Waals surface area contributed by atoms with E-state index in [0.29, 0.717) is 86.7 Å². The Morgan fingerprint density at radius 1 is 0.528 bits per heavy atom. The summed E-state index contributed by atoms with van der Waals surface area (Å²) in [5.74, 6) is -3.10. The van der Waals surface area contributed by atoms with Crippen molar-refractivity contribution in [1.29, 1.82) is 0 Å². The highest BCUT2D eigenvalue weighted by molar-refractivity contribution is 6.32. The van der Waals surface area contributed by atoms with Crippen molar-refractivity contribution in [3.63, 3.8) is 0 Å². The molecule has 12 aromatic rings. The van der Waals surface area contributed by atoms with E-state index in [1.165, 1.54) is 67.2 Å². The van der Waals surface area contributed by atoms with Crippen LogP contribution in [0.25, 0.3) is 99.3 Å². The summed E-state index contributed by atoms with van der Waals surface area (Å²) < 4.78 is 218. The largest absolute Gasteiger partial charge is 0.495 e. The summed E-state index contributed by atoms with van der Waals surface area (Å²) in [5.41, 5.74) is -8.75. The fourth-order valence-corrected chi connectivity index (χ4v) is 14.4. The number of allylic oxidation sites excluding steroid dienone is 1. The molecule has 4 heterocycles. The molecule has 12 nitrogen and oxygen atoms in total. The molecule has 108 heavy (non-hydrogen) atoms. The van der Waals surface area contributed by atoms with Crippen molar-refractivity contribution >= 4 is 74.7 Å². The molecule has 9 aromatic carbocycles. The van der Waals surface area contributed by atoms with E-state index in [-0.39, 0.29) is 84.9 Å². The number of alkyl halides is 12. The van der Waals surface area contributed by atoms with Crippen molar-refractivity contribution in [2.75, 3.05) is 14.2 Å². The average molecular weight is 1490 g/mol. The maximum Gasteiger partial charge on any atom is 0.495 e. The van der Waals surface area contributed by atoms with Crippen LogP contribution >= 0.6 is 0 Å². The van der Waals surface area contributed by atoms with Crippen LogP contribution in [0, 0.1) is 12.8 Å². The zero-order chi connectivity index (χ0) is 77.7. The summed E-state index contributed by atoms with van der Waals surface area (Å²) in [7, 11) is 2.78. The van der Waals surface area contributed by atoms with Crippen molar-refractivity contribution < 1.29 is 90.0 Å². The number of pyridine rings is 1. The first kappa shape index (κ1) is 74.3. The number of nitrogens with zero attached hydrogens (tertiary/aromatic N) is 2. The number of aromatic nitrogens is 2. The normalized spacial score (nSPS) is 13.6. The minimum Gasteiger partial charge on any atom is -0.465 e. The lowest BCUT2D eigenvalue weighted by atomic mass is 9.81. The fraction of sp³-hybridized carbons (Fsp3) is 0.183. The summed E-state index contributed by atoms with van der Waals surface area (Å²) in [6.07, 6.45) is -20.6. The fourth-order valence-electron chi connectivity index (χ4n) is 14.4. The molecule has 0 spiro atoms. The molecular weight excluding hydrogens is 1430 g/mol. The van der Waals surface area contributed by atoms with Gasteiger partial charge in [-0.15, -0.1) is 0 Å². The Balaban J connectivity index is 0.996. The number of ether oxygens (including phenoxy) is 3. The molecule has 0 bridgehead atoms. The number of halogens is 13. The van der Waals surface area contributed by atoms with Gasteiger partial charge in [0.25, 0.3) is 11.1 Å². The predicted molar refractivity (Wildman–Crippen MR) is 383 cm³/mol. The number of hydrogen-bond acceptors (Lipinski definition) is 10. The van der Waals surface area contributed by atoms with Gasteiger partial charge < -0.3 is 32.7 Å². The van der Waals surface area contributed by atoms with Gasteiger partial charge in [0, 0.05) is 66.6 Å². The third kappa shape index (κ3) is 13.2. The van der Waals surface area contributed by atoms with Crippen LogP contribution in [-0.2, 0) is 50.2 Å². The number of fused-ring (bicyclic) bond motifs is 2. The third-order valence-electron chi connectivity index (χ3n) is 19.1. The molecule has 3 aromatic heterocycles. The predicted octanol–water partition coefficient (Wildman–Crippen LogP) is 20.5. The van der Waals surface area contributed by atoms with E-state index in [1.54, 1.807) is 107 Å². The number of esters is 3. The Bertz CT molecular complexity index is 5770. The van der Waals surface area contributed by atoms with Crippen LogP contribution in [0.2, 0.25) is 0 Å². The van der Waals surface area contributed by atoms with Crippen LogP contribution in [0.15, 0.2) is 212 Å². The Labute approximate surface area is 606 Å². The Hall–Kier alpha value is -12.0. The number of methoxy groups -OCH3 is 2. The van der Waals surface area contributed by atoms with Crippen LogP contribution in [0.5, 0.6) is 5.75 Å². The van der Waals surface area contributed by atoms with Crippen molar-refractivity contribution in [1.82, 2.24) is 14.4 Å². The molecular formula is C82H58BF13N3O9. The molecule has 26 heteroatoms. The molecule has 1 aliphatic rings. The summed E-state index contributed by atoms with van der Waals surface area (Å²) in [6, 6.07) is 34.2. The zero-order valence-electron chi connectivity index (χ0n) is 58.2. The first-order valence-corrected chi connectivity index (χ1v) is 33.3. The summed E-state index contributed by atoms with van der Waals surface area (Å²) in [5, 5.41) is 1.11. The summed E-state index contributed by atoms with van der Waals surface area (Å²) in [6.45, 7) is 10.7. The number of rotatable bonds is 15. The van der Waals surface area contributed by atoms with Crippen molar-refractivity contribution in [3.05, 3.63) is 275 Å². The molecule has 0 aliphatic carbocycles. The number of carbonyl (C=O) groups is 3. The number of para-hydroxylation sites is 1. The summed E-state index contributed by atoms with van der Waals surface area (Å²) in [4.78, 5) is 73.5. The smallest absolute Gasteiger partial charge is 0.465 e. The van der Waals surface area contributed by atoms with Crippen LogP contribution in [0.4, 0.5) is 57.0 Å². The van der Waals surface area contributed by atoms with E-state index in [9.17, 15) is 67.1 Å². The van der Waals surface area contributed by atoms with E-state index in [0.717, 1.165) is 12.1 Å². The Kier molecular flexibility index (Phi) is 19.1. The molecule has 1 N–H and O–H groups in total. The molecule has 1 radical (unpaired) electrons. The van der Waals surface area contributed by atoms with Gasteiger partial charge in [0.1, 0.15) is 16.9 Å². The second-order valence-corrected chi connectivity index (χ2v) is 26.5. The first-order chi connectivity index (χ1) is 51.0. The SMILES string of the molecule is COC(=O)C1=C(C)/C(=C(\c2c(-c3ccccc3)cc(OC(=O)Cc3ccc(-n4c(=O)c5cc(-c6cc(C(F)(F)F)cc(C(F)(F)F)c6)c6oc7ccccc7c7c(-c8cc(C(F)(F)F)cc(C(F)(F)F)c8)cc(c4=O)c5c67)cc3)cc2-c2ccccc2)c2c(C)c(C(=O)OC)c(C(C)C)n2[B]F)NC=C1C(C)C. The van der Waals surface area contributed by atoms with Crippen LogP contribution < -0.4 is 21.2 Å². The van der Waals surface area contributed by atoms with Gasteiger partial charge in [0.05, 0.1) is 65.4 Å². The van der Waals surface area contributed by atoms with Crippen molar-refractivity contribution in [2.45, 2.75) is 78.6 Å². The Morgan fingerprint density at radius 2 is 1.02 bits per heavy atom. The zero-order valence-corrected chi connectivity index (χ0v) is 58.2. The van der Waals surface area contributed by atoms with Gasteiger partial charge in [-0.05, 0) is 166 Å². The van der Waals surface area contributed by atoms with Crippen molar-refractivity contribution in [2.24, 2.45) is 5.92 Å². The molecule has 0 amide bonds. The second-order valence-electron chi connectivity index (χ2n) is 26.5. The molecule has 0 fully saturated rings.